The average Bonchev–Trinajstić information content (AvgIpc) is 2.84. The zero-order chi connectivity index (χ0) is 14.5. The van der Waals surface area contributed by atoms with Crippen molar-refractivity contribution in [2.24, 2.45) is 0 Å². The summed E-state index contributed by atoms with van der Waals surface area (Å²) in [5.41, 5.74) is 7.83. The predicted octanol–water partition coefficient (Wildman–Crippen LogP) is 6.38. The second kappa shape index (κ2) is 8.16. The van der Waals surface area contributed by atoms with E-state index in [1.54, 1.807) is 16.7 Å². The molecule has 1 aromatic rings. The van der Waals surface area contributed by atoms with Gasteiger partial charge in [-0.3, -0.25) is 0 Å². The monoisotopic (exact) mass is 386 g/mol. The van der Waals surface area contributed by atoms with E-state index >= 15 is 0 Å². The van der Waals surface area contributed by atoms with Crippen molar-refractivity contribution in [1.82, 2.24) is 0 Å². The van der Waals surface area contributed by atoms with Crippen molar-refractivity contribution in [2.75, 3.05) is 0 Å². The van der Waals surface area contributed by atoms with Gasteiger partial charge < -0.3 is 0 Å². The standard InChI is InChI=1S/C17H22.2ClH.Zr/c1-12-10-16-13(2)8-9-15(17(16)11-12)14-6-4-3-5-7-14;;;/h8-9,11,14H,3-7,10H2,1-2H3;2*1H;/q;;;+2/p-2. The zero-order valence-electron chi connectivity index (χ0n) is 12.3. The molecule has 0 atom stereocenters. The number of rotatable bonds is 1. The molecule has 3 rings (SSSR count). The number of allylic oxidation sites excluding steroid dienone is 1. The van der Waals surface area contributed by atoms with Gasteiger partial charge in [-0.25, -0.2) is 0 Å². The Bertz CT molecular complexity index is 488. The molecule has 0 aromatic heterocycles. The molecule has 20 heavy (non-hydrogen) atoms. The van der Waals surface area contributed by atoms with Crippen LogP contribution in [0.3, 0.4) is 0 Å². The number of aryl methyl sites for hydroxylation is 1. The molecular weight excluding hydrogens is 366 g/mol. The predicted molar refractivity (Wildman–Crippen MR) is 86.1 cm³/mol. The molecular formula is C17H22Cl2Zr. The molecule has 0 saturated heterocycles. The quantitative estimate of drug-likeness (QED) is 0.524. The molecule has 2 aliphatic rings. The van der Waals surface area contributed by atoms with Gasteiger partial charge in [-0.2, -0.15) is 0 Å². The third kappa shape index (κ3) is 3.99. The molecule has 0 N–H and O–H groups in total. The molecule has 1 saturated carbocycles. The van der Waals surface area contributed by atoms with Crippen molar-refractivity contribution in [2.45, 2.75) is 58.3 Å². The van der Waals surface area contributed by atoms with Crippen LogP contribution in [0.4, 0.5) is 0 Å². The minimum absolute atomic E-state index is 0.826. The summed E-state index contributed by atoms with van der Waals surface area (Å²) in [6.07, 6.45) is 10.7. The third-order valence-corrected chi connectivity index (χ3v) is 4.52. The van der Waals surface area contributed by atoms with Gasteiger partial charge in [-0.1, -0.05) is 43.0 Å². The van der Waals surface area contributed by atoms with Crippen molar-refractivity contribution in [1.29, 1.82) is 0 Å². The Morgan fingerprint density at radius 1 is 1.05 bits per heavy atom. The van der Waals surface area contributed by atoms with Crippen LogP contribution in [-0.4, -0.2) is 0 Å². The van der Waals surface area contributed by atoms with Crippen LogP contribution in [0.5, 0.6) is 0 Å². The fourth-order valence-corrected chi connectivity index (χ4v) is 3.54. The van der Waals surface area contributed by atoms with Crippen LogP contribution in [0.25, 0.3) is 6.08 Å². The van der Waals surface area contributed by atoms with E-state index in [9.17, 15) is 0 Å². The van der Waals surface area contributed by atoms with Crippen molar-refractivity contribution in [3.63, 3.8) is 0 Å². The van der Waals surface area contributed by atoms with E-state index in [1.807, 2.05) is 0 Å². The van der Waals surface area contributed by atoms with E-state index in [0.717, 1.165) is 5.92 Å². The summed E-state index contributed by atoms with van der Waals surface area (Å²) in [7, 11) is 9.87. The van der Waals surface area contributed by atoms with E-state index in [2.05, 4.69) is 32.1 Å². The second-order valence-electron chi connectivity index (χ2n) is 5.94. The minimum atomic E-state index is -0.826. The zero-order valence-corrected chi connectivity index (χ0v) is 16.3. The fourth-order valence-electron chi connectivity index (χ4n) is 3.54. The first-order valence-corrected chi connectivity index (χ1v) is 13.8. The Morgan fingerprint density at radius 2 is 1.70 bits per heavy atom. The van der Waals surface area contributed by atoms with Gasteiger partial charge in [0.2, 0.25) is 0 Å². The van der Waals surface area contributed by atoms with Crippen molar-refractivity contribution < 1.29 is 20.8 Å². The van der Waals surface area contributed by atoms with E-state index < -0.39 is 20.8 Å². The summed E-state index contributed by atoms with van der Waals surface area (Å²) in [6.45, 7) is 4.53. The Kier molecular flexibility index (Phi) is 6.85. The molecule has 0 spiro atoms. The van der Waals surface area contributed by atoms with Gasteiger partial charge in [0, 0.05) is 0 Å². The van der Waals surface area contributed by atoms with Crippen LogP contribution in [-0.2, 0) is 27.3 Å². The van der Waals surface area contributed by atoms with Gasteiger partial charge in [-0.15, -0.1) is 0 Å². The van der Waals surface area contributed by atoms with Gasteiger partial charge >= 0.3 is 37.9 Å². The summed E-state index contributed by atoms with van der Waals surface area (Å²) in [5, 5.41) is 0. The molecule has 1 fully saturated rings. The maximum atomic E-state index is 4.93. The Hall–Kier alpha value is 0.423. The molecule has 108 valence electrons. The van der Waals surface area contributed by atoms with Crippen LogP contribution in [0.1, 0.15) is 67.2 Å². The molecule has 0 bridgehead atoms. The van der Waals surface area contributed by atoms with Crippen LogP contribution >= 0.6 is 17.0 Å². The van der Waals surface area contributed by atoms with Crippen LogP contribution in [0.15, 0.2) is 17.7 Å². The average molecular weight is 388 g/mol. The molecule has 0 nitrogen and oxygen atoms in total. The number of hydrogen-bond donors (Lipinski definition) is 0. The van der Waals surface area contributed by atoms with Gasteiger partial charge in [0.05, 0.1) is 0 Å². The number of halogens is 2. The van der Waals surface area contributed by atoms with Crippen LogP contribution in [0.2, 0.25) is 0 Å². The molecule has 0 aliphatic heterocycles. The summed E-state index contributed by atoms with van der Waals surface area (Å²) >= 11 is -0.826. The van der Waals surface area contributed by atoms with Crippen molar-refractivity contribution >= 4 is 23.1 Å². The third-order valence-electron chi connectivity index (χ3n) is 4.52. The molecule has 2 aliphatic carbocycles. The van der Waals surface area contributed by atoms with Gasteiger partial charge in [0.15, 0.2) is 0 Å². The Balaban J connectivity index is 0.000000452. The number of hydrogen-bond acceptors (Lipinski definition) is 0. The first-order valence-electron chi connectivity index (χ1n) is 7.43. The number of fused-ring (bicyclic) bond motifs is 1. The summed E-state index contributed by atoms with van der Waals surface area (Å²) in [6, 6.07) is 4.74. The van der Waals surface area contributed by atoms with Crippen LogP contribution in [0, 0.1) is 6.92 Å². The molecule has 0 amide bonds. The summed E-state index contributed by atoms with van der Waals surface area (Å²) in [4.78, 5) is 0. The fraction of sp³-hybridized carbons (Fsp3) is 0.529. The molecule has 0 unspecified atom stereocenters. The molecule has 0 heterocycles. The van der Waals surface area contributed by atoms with Crippen molar-refractivity contribution in [3.05, 3.63) is 40.0 Å². The normalized spacial score (nSPS) is 17.9. The van der Waals surface area contributed by atoms with E-state index in [1.165, 1.54) is 49.7 Å². The SMILES string of the molecule is CC1=Cc2c(C3CCCCC3)ccc(C)c2C1.[Cl][Zr][Cl]. The number of benzene rings is 1. The van der Waals surface area contributed by atoms with Gasteiger partial charge in [-0.05, 0) is 61.3 Å². The van der Waals surface area contributed by atoms with E-state index in [0.29, 0.717) is 0 Å². The summed E-state index contributed by atoms with van der Waals surface area (Å²) < 4.78 is 0. The first-order chi connectivity index (χ1) is 9.67. The first kappa shape index (κ1) is 16.8. The Morgan fingerprint density at radius 3 is 2.35 bits per heavy atom. The van der Waals surface area contributed by atoms with Crippen molar-refractivity contribution in [3.8, 4) is 0 Å². The molecule has 3 heteroatoms. The van der Waals surface area contributed by atoms with Gasteiger partial charge in [0.25, 0.3) is 0 Å². The van der Waals surface area contributed by atoms with Gasteiger partial charge in [0.1, 0.15) is 0 Å². The maximum absolute atomic E-state index is 4.93. The van der Waals surface area contributed by atoms with E-state index in [4.69, 9.17) is 17.0 Å². The second-order valence-corrected chi connectivity index (χ2v) is 9.67. The molecule has 0 radical (unpaired) electrons. The Labute approximate surface area is 141 Å². The molecule has 1 aromatic carbocycles. The topological polar surface area (TPSA) is 0 Å². The van der Waals surface area contributed by atoms with Crippen LogP contribution < -0.4 is 0 Å². The van der Waals surface area contributed by atoms with E-state index in [-0.39, 0.29) is 0 Å². The summed E-state index contributed by atoms with van der Waals surface area (Å²) in [5.74, 6) is 0.834.